The van der Waals surface area contributed by atoms with Gasteiger partial charge in [-0.15, -0.1) is 0 Å². The van der Waals surface area contributed by atoms with Crippen LogP contribution in [0.2, 0.25) is 5.02 Å². The summed E-state index contributed by atoms with van der Waals surface area (Å²) < 4.78 is 5.65. The van der Waals surface area contributed by atoms with Crippen molar-refractivity contribution in [3.8, 4) is 11.6 Å². The van der Waals surface area contributed by atoms with Crippen molar-refractivity contribution in [1.82, 2.24) is 25.5 Å². The highest BCUT2D eigenvalue weighted by molar-refractivity contribution is 6.33. The molecule has 1 saturated heterocycles. The van der Waals surface area contributed by atoms with Gasteiger partial charge in [0.25, 0.3) is 5.56 Å². The number of aromatic amines is 1. The molecule has 0 spiro atoms. The quantitative estimate of drug-likeness (QED) is 0.658. The van der Waals surface area contributed by atoms with Gasteiger partial charge >= 0.3 is 0 Å². The van der Waals surface area contributed by atoms with Gasteiger partial charge < -0.3 is 15.0 Å². The molecule has 144 valence electrons. The first kappa shape index (κ1) is 18.4. The van der Waals surface area contributed by atoms with Crippen LogP contribution >= 0.6 is 11.6 Å². The van der Waals surface area contributed by atoms with Crippen molar-refractivity contribution in [3.63, 3.8) is 0 Å². The van der Waals surface area contributed by atoms with Crippen LogP contribution in [0.25, 0.3) is 0 Å². The summed E-state index contributed by atoms with van der Waals surface area (Å²) in [6, 6.07) is 8.17. The van der Waals surface area contributed by atoms with E-state index in [1.54, 1.807) is 24.8 Å². The number of hydrogen-bond acceptors (Lipinski definition) is 7. The van der Waals surface area contributed by atoms with Crippen LogP contribution in [0.15, 0.2) is 53.8 Å². The average molecular weight is 399 g/mol. The second-order valence-electron chi connectivity index (χ2n) is 6.50. The first-order chi connectivity index (χ1) is 13.7. The summed E-state index contributed by atoms with van der Waals surface area (Å²) in [7, 11) is 0. The van der Waals surface area contributed by atoms with Crippen molar-refractivity contribution >= 4 is 17.3 Å². The fourth-order valence-electron chi connectivity index (χ4n) is 3.14. The molecule has 0 amide bonds. The third-order valence-corrected chi connectivity index (χ3v) is 4.95. The number of benzene rings is 1. The van der Waals surface area contributed by atoms with Gasteiger partial charge in [-0.2, -0.15) is 5.10 Å². The van der Waals surface area contributed by atoms with E-state index in [1.165, 1.54) is 0 Å². The molecule has 3 aromatic rings. The minimum Gasteiger partial charge on any atom is -0.438 e. The van der Waals surface area contributed by atoms with Crippen LogP contribution in [0, 0.1) is 0 Å². The van der Waals surface area contributed by atoms with Gasteiger partial charge in [-0.3, -0.25) is 9.78 Å². The standard InChI is InChI=1S/C19H19ClN6O2/c20-18-16(10-24-25-19(18)27)26-8-5-14(12-26)23-9-13-1-3-15(4-2-13)28-17-11-21-6-7-22-17/h1-4,6-7,10-11,14,23H,5,8-9,12H2,(H,25,27). The average Bonchev–Trinajstić information content (AvgIpc) is 3.19. The van der Waals surface area contributed by atoms with Gasteiger partial charge in [-0.05, 0) is 24.1 Å². The van der Waals surface area contributed by atoms with Crippen LogP contribution in [0.5, 0.6) is 11.6 Å². The van der Waals surface area contributed by atoms with Crippen LogP contribution in [-0.4, -0.2) is 39.3 Å². The molecule has 4 rings (SSSR count). The molecule has 1 aliphatic rings. The minimum atomic E-state index is -0.362. The van der Waals surface area contributed by atoms with Crippen molar-refractivity contribution in [2.75, 3.05) is 18.0 Å². The zero-order chi connectivity index (χ0) is 19.3. The molecule has 3 heterocycles. The summed E-state index contributed by atoms with van der Waals surface area (Å²) in [5.41, 5.74) is 1.47. The molecule has 2 N–H and O–H groups in total. The lowest BCUT2D eigenvalue weighted by Crippen LogP contribution is -2.32. The van der Waals surface area contributed by atoms with Crippen molar-refractivity contribution in [2.24, 2.45) is 0 Å². The Morgan fingerprint density at radius 1 is 1.25 bits per heavy atom. The normalized spacial score (nSPS) is 16.3. The van der Waals surface area contributed by atoms with E-state index in [2.05, 4.69) is 30.4 Å². The lowest BCUT2D eigenvalue weighted by Gasteiger charge is -2.19. The van der Waals surface area contributed by atoms with Crippen LogP contribution < -0.4 is 20.5 Å². The molecular formula is C19H19ClN6O2. The van der Waals surface area contributed by atoms with Gasteiger partial charge in [-0.1, -0.05) is 23.7 Å². The predicted octanol–water partition coefficient (Wildman–Crippen LogP) is 2.37. The van der Waals surface area contributed by atoms with Crippen molar-refractivity contribution in [3.05, 3.63) is 70.0 Å². The summed E-state index contributed by atoms with van der Waals surface area (Å²) in [6.45, 7) is 2.34. The fraction of sp³-hybridized carbons (Fsp3) is 0.263. The first-order valence-corrected chi connectivity index (χ1v) is 9.31. The van der Waals surface area contributed by atoms with Gasteiger partial charge in [0.2, 0.25) is 5.88 Å². The van der Waals surface area contributed by atoms with Crippen molar-refractivity contribution < 1.29 is 4.74 Å². The summed E-state index contributed by atoms with van der Waals surface area (Å²) in [4.78, 5) is 21.8. The van der Waals surface area contributed by atoms with E-state index in [0.717, 1.165) is 31.6 Å². The van der Waals surface area contributed by atoms with Crippen molar-refractivity contribution in [2.45, 2.75) is 19.0 Å². The Morgan fingerprint density at radius 2 is 2.11 bits per heavy atom. The number of halogens is 1. The number of nitrogens with one attached hydrogen (secondary N) is 2. The summed E-state index contributed by atoms with van der Waals surface area (Å²) >= 11 is 6.10. The third kappa shape index (κ3) is 4.29. The smallest absolute Gasteiger partial charge is 0.285 e. The van der Waals surface area contributed by atoms with Gasteiger partial charge in [0.15, 0.2) is 0 Å². The number of H-pyrrole nitrogens is 1. The minimum absolute atomic E-state index is 0.189. The van der Waals surface area contributed by atoms with E-state index in [0.29, 0.717) is 23.4 Å². The molecule has 1 aromatic carbocycles. The molecule has 28 heavy (non-hydrogen) atoms. The zero-order valence-electron chi connectivity index (χ0n) is 15.0. The Hall–Kier alpha value is -2.97. The largest absolute Gasteiger partial charge is 0.438 e. The second-order valence-corrected chi connectivity index (χ2v) is 6.88. The number of nitrogens with zero attached hydrogens (tertiary/aromatic N) is 4. The Morgan fingerprint density at radius 3 is 2.89 bits per heavy atom. The van der Waals surface area contributed by atoms with E-state index in [4.69, 9.17) is 16.3 Å². The number of aromatic nitrogens is 4. The number of ether oxygens (including phenoxy) is 1. The molecule has 1 unspecified atom stereocenters. The Bertz CT molecular complexity index is 980. The molecule has 2 aromatic heterocycles. The molecular weight excluding hydrogens is 380 g/mol. The maximum absolute atomic E-state index is 11.6. The van der Waals surface area contributed by atoms with Gasteiger partial charge in [-0.25, -0.2) is 10.1 Å². The van der Waals surface area contributed by atoms with Crippen molar-refractivity contribution in [1.29, 1.82) is 0 Å². The summed E-state index contributed by atoms with van der Waals surface area (Å²) in [6.07, 6.45) is 7.34. The monoisotopic (exact) mass is 398 g/mol. The fourth-order valence-corrected chi connectivity index (χ4v) is 3.35. The highest BCUT2D eigenvalue weighted by Crippen LogP contribution is 2.25. The Labute approximate surface area is 166 Å². The number of rotatable bonds is 6. The van der Waals surface area contributed by atoms with E-state index < -0.39 is 0 Å². The lowest BCUT2D eigenvalue weighted by molar-refractivity contribution is 0.459. The summed E-state index contributed by atoms with van der Waals surface area (Å²) in [5.74, 6) is 1.18. The van der Waals surface area contributed by atoms with Crippen LogP contribution in [-0.2, 0) is 6.54 Å². The highest BCUT2D eigenvalue weighted by Gasteiger charge is 2.24. The van der Waals surface area contributed by atoms with Crippen LogP contribution in [0.1, 0.15) is 12.0 Å². The van der Waals surface area contributed by atoms with Crippen LogP contribution in [0.3, 0.4) is 0 Å². The maximum atomic E-state index is 11.6. The van der Waals surface area contributed by atoms with E-state index in [1.807, 2.05) is 24.3 Å². The molecule has 1 fully saturated rings. The Kier molecular flexibility index (Phi) is 5.50. The van der Waals surface area contributed by atoms with Gasteiger partial charge in [0.05, 0.1) is 18.1 Å². The maximum Gasteiger partial charge on any atom is 0.285 e. The highest BCUT2D eigenvalue weighted by atomic mass is 35.5. The molecule has 0 aliphatic carbocycles. The predicted molar refractivity (Wildman–Crippen MR) is 106 cm³/mol. The van der Waals surface area contributed by atoms with Gasteiger partial charge in [0.1, 0.15) is 10.8 Å². The molecule has 9 heteroatoms. The molecule has 1 aliphatic heterocycles. The molecule has 0 saturated carbocycles. The molecule has 8 nitrogen and oxygen atoms in total. The topological polar surface area (TPSA) is 96.0 Å². The van der Waals surface area contributed by atoms with E-state index >= 15 is 0 Å². The number of anilines is 1. The van der Waals surface area contributed by atoms with E-state index in [9.17, 15) is 4.79 Å². The molecule has 0 radical (unpaired) electrons. The first-order valence-electron chi connectivity index (χ1n) is 8.93. The Balaban J connectivity index is 1.30. The van der Waals surface area contributed by atoms with E-state index in [-0.39, 0.29) is 10.6 Å². The summed E-state index contributed by atoms with van der Waals surface area (Å²) in [5, 5.41) is 9.92. The molecule has 1 atom stereocenters. The van der Waals surface area contributed by atoms with Crippen LogP contribution in [0.4, 0.5) is 5.69 Å². The lowest BCUT2D eigenvalue weighted by atomic mass is 10.2. The van der Waals surface area contributed by atoms with Gasteiger partial charge in [0, 0.05) is 38.1 Å². The SMILES string of the molecule is O=c1[nH]ncc(N2CCC(NCc3ccc(Oc4cnccn4)cc3)C2)c1Cl. The number of hydrogen-bond donors (Lipinski definition) is 2. The second kappa shape index (κ2) is 8.37. The zero-order valence-corrected chi connectivity index (χ0v) is 15.8. The third-order valence-electron chi connectivity index (χ3n) is 4.59. The molecule has 0 bridgehead atoms.